The average molecular weight is 257 g/mol. The minimum Gasteiger partial charge on any atom is -0.358 e. The highest BCUT2D eigenvalue weighted by Gasteiger charge is 2.14. The van der Waals surface area contributed by atoms with Gasteiger partial charge in [-0.25, -0.2) is 9.97 Å². The summed E-state index contributed by atoms with van der Waals surface area (Å²) in [6.07, 6.45) is 2.28. The van der Waals surface area contributed by atoms with Crippen molar-refractivity contribution in [2.75, 3.05) is 11.9 Å². The molecule has 1 atom stereocenters. The molecule has 0 bridgehead atoms. The molecule has 1 aromatic rings. The summed E-state index contributed by atoms with van der Waals surface area (Å²) in [4.78, 5) is 19.6. The van der Waals surface area contributed by atoms with Crippen LogP contribution < -0.4 is 10.6 Å². The molecule has 0 fully saturated rings. The molecule has 0 aliphatic heterocycles. The lowest BCUT2D eigenvalue weighted by molar-refractivity contribution is -0.121. The van der Waals surface area contributed by atoms with Crippen LogP contribution in [-0.2, 0) is 4.79 Å². The first kappa shape index (κ1) is 13.7. The van der Waals surface area contributed by atoms with Crippen molar-refractivity contribution in [3.05, 3.63) is 17.0 Å². The lowest BCUT2D eigenvalue weighted by atomic mass is 10.2. The van der Waals surface area contributed by atoms with Gasteiger partial charge in [-0.2, -0.15) is 0 Å². The lowest BCUT2D eigenvalue weighted by Gasteiger charge is -2.15. The Balaban J connectivity index is 2.64. The van der Waals surface area contributed by atoms with Crippen molar-refractivity contribution in [3.63, 3.8) is 0 Å². The molecule has 0 aliphatic carbocycles. The third-order valence-electron chi connectivity index (χ3n) is 2.32. The van der Waals surface area contributed by atoms with E-state index in [1.54, 1.807) is 13.8 Å². The molecule has 0 aliphatic rings. The third kappa shape index (κ3) is 3.85. The summed E-state index contributed by atoms with van der Waals surface area (Å²) in [5.41, 5.74) is 0.740. The van der Waals surface area contributed by atoms with E-state index in [-0.39, 0.29) is 11.9 Å². The third-order valence-corrected chi connectivity index (χ3v) is 2.70. The molecule has 2 N–H and O–H groups in total. The van der Waals surface area contributed by atoms with Gasteiger partial charge in [0, 0.05) is 12.1 Å². The summed E-state index contributed by atoms with van der Waals surface area (Å²) in [5, 5.41) is 6.21. The van der Waals surface area contributed by atoms with Crippen molar-refractivity contribution < 1.29 is 4.79 Å². The Kier molecular flexibility index (Phi) is 5.15. The Labute approximate surface area is 106 Å². The fourth-order valence-corrected chi connectivity index (χ4v) is 1.38. The van der Waals surface area contributed by atoms with Gasteiger partial charge in [-0.1, -0.05) is 18.5 Å². The highest BCUT2D eigenvalue weighted by atomic mass is 35.5. The molecule has 1 heterocycles. The Bertz CT molecular complexity index is 397. The number of nitrogens with zero attached hydrogens (tertiary/aromatic N) is 2. The summed E-state index contributed by atoms with van der Waals surface area (Å²) < 4.78 is 0. The molecule has 0 saturated heterocycles. The van der Waals surface area contributed by atoms with Crippen LogP contribution in [0.5, 0.6) is 0 Å². The number of hydrogen-bond donors (Lipinski definition) is 2. The zero-order valence-electron chi connectivity index (χ0n) is 10.2. The van der Waals surface area contributed by atoms with Crippen LogP contribution in [0.1, 0.15) is 25.8 Å². The number of nitrogens with one attached hydrogen (secondary N) is 2. The molecular formula is C11H17ClN4O. The average Bonchev–Trinajstić information content (AvgIpc) is 2.31. The van der Waals surface area contributed by atoms with Crippen LogP contribution in [0.3, 0.4) is 0 Å². The summed E-state index contributed by atoms with van der Waals surface area (Å²) >= 11 is 5.87. The zero-order valence-corrected chi connectivity index (χ0v) is 11.0. The highest BCUT2D eigenvalue weighted by Crippen LogP contribution is 2.18. The largest absolute Gasteiger partial charge is 0.358 e. The number of carbonyl (C=O) groups is 1. The van der Waals surface area contributed by atoms with E-state index in [1.807, 2.05) is 6.92 Å². The van der Waals surface area contributed by atoms with E-state index < -0.39 is 0 Å². The predicted molar refractivity (Wildman–Crippen MR) is 68.2 cm³/mol. The van der Waals surface area contributed by atoms with Gasteiger partial charge in [-0.05, 0) is 20.3 Å². The zero-order chi connectivity index (χ0) is 12.8. The number of hydrogen-bond acceptors (Lipinski definition) is 4. The van der Waals surface area contributed by atoms with Gasteiger partial charge >= 0.3 is 0 Å². The predicted octanol–water partition coefficient (Wildman–Crippen LogP) is 1.77. The summed E-state index contributed by atoms with van der Waals surface area (Å²) in [7, 11) is 0. The smallest absolute Gasteiger partial charge is 0.242 e. The van der Waals surface area contributed by atoms with E-state index in [0.717, 1.165) is 12.0 Å². The molecule has 0 saturated carbocycles. The Morgan fingerprint density at radius 1 is 1.53 bits per heavy atom. The van der Waals surface area contributed by atoms with Gasteiger partial charge in [-0.15, -0.1) is 0 Å². The maximum atomic E-state index is 11.7. The molecule has 94 valence electrons. The maximum Gasteiger partial charge on any atom is 0.242 e. The standard InChI is InChI=1S/C11H17ClN4O/c1-4-5-13-11(17)8(3)16-10-7(2)9(12)14-6-15-10/h6,8H,4-5H2,1-3H3,(H,13,17)(H,14,15,16). The second kappa shape index (κ2) is 6.39. The second-order valence-corrected chi connectivity index (χ2v) is 4.15. The summed E-state index contributed by atoms with van der Waals surface area (Å²) in [6, 6.07) is -0.355. The van der Waals surface area contributed by atoms with Crippen molar-refractivity contribution >= 4 is 23.3 Å². The van der Waals surface area contributed by atoms with Crippen LogP contribution in [0.4, 0.5) is 5.82 Å². The SMILES string of the molecule is CCCNC(=O)C(C)Nc1ncnc(Cl)c1C. The first-order chi connectivity index (χ1) is 8.06. The van der Waals surface area contributed by atoms with Crippen molar-refractivity contribution in [2.24, 2.45) is 0 Å². The lowest BCUT2D eigenvalue weighted by Crippen LogP contribution is -2.38. The quantitative estimate of drug-likeness (QED) is 0.788. The van der Waals surface area contributed by atoms with E-state index in [0.29, 0.717) is 17.5 Å². The molecule has 1 amide bonds. The topological polar surface area (TPSA) is 66.9 Å². The number of rotatable bonds is 5. The summed E-state index contributed by atoms with van der Waals surface area (Å²) in [6.45, 7) is 6.27. The van der Waals surface area contributed by atoms with Crippen LogP contribution in [0, 0.1) is 6.92 Å². The van der Waals surface area contributed by atoms with Gasteiger partial charge in [0.05, 0.1) is 0 Å². The van der Waals surface area contributed by atoms with E-state index in [4.69, 9.17) is 11.6 Å². The second-order valence-electron chi connectivity index (χ2n) is 3.80. The van der Waals surface area contributed by atoms with E-state index >= 15 is 0 Å². The number of amides is 1. The molecule has 0 radical (unpaired) electrons. The van der Waals surface area contributed by atoms with Crippen LogP contribution in [-0.4, -0.2) is 28.5 Å². The minimum absolute atomic E-state index is 0.0546. The molecule has 1 unspecified atom stereocenters. The first-order valence-electron chi connectivity index (χ1n) is 5.57. The number of aromatic nitrogens is 2. The molecule has 0 spiro atoms. The van der Waals surface area contributed by atoms with Gasteiger partial charge in [0.15, 0.2) is 0 Å². The fourth-order valence-electron chi connectivity index (χ4n) is 1.25. The van der Waals surface area contributed by atoms with Gasteiger partial charge in [-0.3, -0.25) is 4.79 Å². The molecule has 1 rings (SSSR count). The number of carbonyl (C=O) groups excluding carboxylic acids is 1. The van der Waals surface area contributed by atoms with Gasteiger partial charge in [0.2, 0.25) is 5.91 Å². The van der Waals surface area contributed by atoms with Crippen molar-refractivity contribution in [1.29, 1.82) is 0 Å². The monoisotopic (exact) mass is 256 g/mol. The highest BCUT2D eigenvalue weighted by molar-refractivity contribution is 6.30. The van der Waals surface area contributed by atoms with Crippen LogP contribution in [0.2, 0.25) is 5.15 Å². The normalized spacial score (nSPS) is 12.0. The molecule has 0 aromatic carbocycles. The number of halogens is 1. The van der Waals surface area contributed by atoms with Gasteiger partial charge < -0.3 is 10.6 Å². The summed E-state index contributed by atoms with van der Waals surface area (Å²) in [5.74, 6) is 0.533. The van der Waals surface area contributed by atoms with Crippen molar-refractivity contribution in [1.82, 2.24) is 15.3 Å². The van der Waals surface area contributed by atoms with Crippen molar-refractivity contribution in [3.8, 4) is 0 Å². The Morgan fingerprint density at radius 3 is 2.88 bits per heavy atom. The Morgan fingerprint density at radius 2 is 2.24 bits per heavy atom. The van der Waals surface area contributed by atoms with E-state index in [9.17, 15) is 4.79 Å². The molecule has 6 heteroatoms. The molecule has 1 aromatic heterocycles. The fraction of sp³-hybridized carbons (Fsp3) is 0.545. The maximum absolute atomic E-state index is 11.7. The molecular weight excluding hydrogens is 240 g/mol. The van der Waals surface area contributed by atoms with Crippen molar-refractivity contribution in [2.45, 2.75) is 33.2 Å². The molecule has 17 heavy (non-hydrogen) atoms. The van der Waals surface area contributed by atoms with E-state index in [1.165, 1.54) is 6.33 Å². The number of anilines is 1. The van der Waals surface area contributed by atoms with E-state index in [2.05, 4.69) is 20.6 Å². The van der Waals surface area contributed by atoms with Crippen LogP contribution >= 0.6 is 11.6 Å². The Hall–Kier alpha value is -1.36. The first-order valence-corrected chi connectivity index (χ1v) is 5.95. The molecule has 5 nitrogen and oxygen atoms in total. The van der Waals surface area contributed by atoms with Crippen LogP contribution in [0.25, 0.3) is 0 Å². The van der Waals surface area contributed by atoms with Gasteiger partial charge in [0.25, 0.3) is 0 Å². The van der Waals surface area contributed by atoms with Crippen LogP contribution in [0.15, 0.2) is 6.33 Å². The van der Waals surface area contributed by atoms with Gasteiger partial charge in [0.1, 0.15) is 23.3 Å². The minimum atomic E-state index is -0.355.